The molecule has 1 aliphatic heterocycles. The smallest absolute Gasteiger partial charge is 0.223 e. The molecule has 1 aliphatic rings. The molecule has 1 amide bonds. The summed E-state index contributed by atoms with van der Waals surface area (Å²) >= 11 is 3.35. The van der Waals surface area contributed by atoms with Gasteiger partial charge in [0.1, 0.15) is 16.2 Å². The van der Waals surface area contributed by atoms with Crippen LogP contribution in [0.25, 0.3) is 10.2 Å². The fourth-order valence-electron chi connectivity index (χ4n) is 2.72. The summed E-state index contributed by atoms with van der Waals surface area (Å²) in [6, 6.07) is 2.14. The van der Waals surface area contributed by atoms with Crippen LogP contribution in [0.3, 0.4) is 0 Å². The molecule has 0 radical (unpaired) electrons. The molecular weight excluding hydrogens is 314 g/mol. The molecule has 0 bridgehead atoms. The van der Waals surface area contributed by atoms with E-state index < -0.39 is 0 Å². The lowest BCUT2D eigenvalue weighted by molar-refractivity contribution is -0.132. The van der Waals surface area contributed by atoms with E-state index in [9.17, 15) is 4.79 Å². The minimum Gasteiger partial charge on any atom is -0.343 e. The van der Waals surface area contributed by atoms with E-state index in [0.717, 1.165) is 52.8 Å². The fraction of sp³-hybridized carbons (Fsp3) is 0.562. The van der Waals surface area contributed by atoms with Crippen molar-refractivity contribution in [3.63, 3.8) is 0 Å². The van der Waals surface area contributed by atoms with Crippen molar-refractivity contribution in [1.82, 2.24) is 14.9 Å². The lowest BCUT2D eigenvalue weighted by Crippen LogP contribution is -2.38. The van der Waals surface area contributed by atoms with Crippen molar-refractivity contribution in [1.29, 1.82) is 0 Å². The van der Waals surface area contributed by atoms with Gasteiger partial charge >= 0.3 is 0 Å². The molecule has 0 aliphatic carbocycles. The number of aromatic nitrogens is 2. The number of carbonyl (C=O) groups excluding carboxylic acids is 1. The molecule has 2 aromatic rings. The van der Waals surface area contributed by atoms with E-state index >= 15 is 0 Å². The number of nitrogens with zero attached hydrogens (tertiary/aromatic N) is 3. The predicted molar refractivity (Wildman–Crippen MR) is 92.5 cm³/mol. The highest BCUT2D eigenvalue weighted by Gasteiger charge is 2.20. The standard InChI is InChI=1S/C16H21N3OS2/c1-11-3-6-19(7-4-11)14(20)5-8-21-15-13-9-12(2)22-16(13)18-10-17-15/h9-11H,3-8H2,1-2H3. The Kier molecular flexibility index (Phi) is 4.98. The molecule has 0 aromatic carbocycles. The normalized spacial score (nSPS) is 16.4. The van der Waals surface area contributed by atoms with Gasteiger partial charge in [-0.25, -0.2) is 9.97 Å². The SMILES string of the molecule is Cc1cc2c(SCCC(=O)N3CCC(C)CC3)ncnc2s1. The van der Waals surface area contributed by atoms with Crippen molar-refractivity contribution < 1.29 is 4.79 Å². The molecule has 3 heterocycles. The second-order valence-corrected chi connectivity index (χ2v) is 8.23. The minimum atomic E-state index is 0.284. The largest absolute Gasteiger partial charge is 0.343 e. The summed E-state index contributed by atoms with van der Waals surface area (Å²) < 4.78 is 0. The van der Waals surface area contributed by atoms with Gasteiger partial charge in [0.2, 0.25) is 5.91 Å². The summed E-state index contributed by atoms with van der Waals surface area (Å²) in [5.74, 6) is 1.83. The fourth-order valence-corrected chi connectivity index (χ4v) is 4.54. The summed E-state index contributed by atoms with van der Waals surface area (Å²) in [7, 11) is 0. The third kappa shape index (κ3) is 3.60. The molecule has 6 heteroatoms. The van der Waals surface area contributed by atoms with Gasteiger partial charge in [-0.1, -0.05) is 6.92 Å². The van der Waals surface area contributed by atoms with Gasteiger partial charge in [0.25, 0.3) is 0 Å². The van der Waals surface area contributed by atoms with Crippen LogP contribution in [0.1, 0.15) is 31.1 Å². The van der Waals surface area contributed by atoms with Crippen LogP contribution in [-0.2, 0) is 4.79 Å². The minimum absolute atomic E-state index is 0.284. The van der Waals surface area contributed by atoms with Crippen LogP contribution in [0.15, 0.2) is 17.4 Å². The molecule has 0 spiro atoms. The number of hydrogen-bond acceptors (Lipinski definition) is 5. The summed E-state index contributed by atoms with van der Waals surface area (Å²) in [4.78, 5) is 25.2. The van der Waals surface area contributed by atoms with Crippen LogP contribution in [0.4, 0.5) is 0 Å². The number of aryl methyl sites for hydroxylation is 1. The van der Waals surface area contributed by atoms with Gasteiger partial charge in [-0.05, 0) is 31.7 Å². The number of amides is 1. The van der Waals surface area contributed by atoms with E-state index in [2.05, 4.69) is 29.9 Å². The van der Waals surface area contributed by atoms with Crippen molar-refractivity contribution >= 4 is 39.2 Å². The molecular formula is C16H21N3OS2. The van der Waals surface area contributed by atoms with E-state index in [1.807, 2.05) is 4.90 Å². The lowest BCUT2D eigenvalue weighted by atomic mass is 9.99. The highest BCUT2D eigenvalue weighted by Crippen LogP contribution is 2.30. The first-order valence-corrected chi connectivity index (χ1v) is 9.55. The number of thioether (sulfide) groups is 1. The molecule has 3 rings (SSSR count). The van der Waals surface area contributed by atoms with Gasteiger partial charge in [-0.15, -0.1) is 23.1 Å². The Morgan fingerprint density at radius 1 is 1.41 bits per heavy atom. The highest BCUT2D eigenvalue weighted by atomic mass is 32.2. The van der Waals surface area contributed by atoms with Crippen LogP contribution in [0, 0.1) is 12.8 Å². The Hall–Kier alpha value is -1.14. The molecule has 1 saturated heterocycles. The third-order valence-electron chi connectivity index (χ3n) is 4.11. The molecule has 4 nitrogen and oxygen atoms in total. The van der Waals surface area contributed by atoms with Crippen LogP contribution in [0.5, 0.6) is 0 Å². The van der Waals surface area contributed by atoms with Gasteiger partial charge in [0, 0.05) is 35.5 Å². The van der Waals surface area contributed by atoms with Crippen LogP contribution < -0.4 is 0 Å². The zero-order chi connectivity index (χ0) is 15.5. The van der Waals surface area contributed by atoms with Gasteiger partial charge < -0.3 is 4.90 Å². The Morgan fingerprint density at radius 3 is 2.95 bits per heavy atom. The molecule has 2 aromatic heterocycles. The monoisotopic (exact) mass is 335 g/mol. The first-order valence-electron chi connectivity index (χ1n) is 7.75. The van der Waals surface area contributed by atoms with Crippen molar-refractivity contribution in [3.8, 4) is 0 Å². The molecule has 1 fully saturated rings. The zero-order valence-corrected chi connectivity index (χ0v) is 14.7. The van der Waals surface area contributed by atoms with E-state index in [-0.39, 0.29) is 5.91 Å². The maximum atomic E-state index is 12.2. The highest BCUT2D eigenvalue weighted by molar-refractivity contribution is 7.99. The molecule has 0 N–H and O–H groups in total. The second-order valence-electron chi connectivity index (χ2n) is 5.92. The Labute approximate surface area is 139 Å². The van der Waals surface area contributed by atoms with Crippen molar-refractivity contribution in [2.45, 2.75) is 38.1 Å². The number of fused-ring (bicyclic) bond motifs is 1. The van der Waals surface area contributed by atoms with Gasteiger partial charge in [0.15, 0.2) is 0 Å². The lowest BCUT2D eigenvalue weighted by Gasteiger charge is -2.30. The number of piperidine rings is 1. The molecule has 118 valence electrons. The van der Waals surface area contributed by atoms with Crippen LogP contribution >= 0.6 is 23.1 Å². The number of rotatable bonds is 4. The Balaban J connectivity index is 1.55. The van der Waals surface area contributed by atoms with Crippen molar-refractivity contribution in [2.75, 3.05) is 18.8 Å². The Bertz CT molecular complexity index is 662. The third-order valence-corrected chi connectivity index (χ3v) is 6.07. The van der Waals surface area contributed by atoms with Crippen LogP contribution in [-0.4, -0.2) is 39.6 Å². The number of hydrogen-bond donors (Lipinski definition) is 0. The molecule has 0 atom stereocenters. The summed E-state index contributed by atoms with van der Waals surface area (Å²) in [6.07, 6.45) is 4.49. The topological polar surface area (TPSA) is 46.1 Å². The first kappa shape index (κ1) is 15.7. The Morgan fingerprint density at radius 2 is 2.18 bits per heavy atom. The molecule has 0 saturated carbocycles. The predicted octanol–water partition coefficient (Wildman–Crippen LogP) is 3.74. The maximum absolute atomic E-state index is 12.2. The molecule has 0 unspecified atom stereocenters. The number of carbonyl (C=O) groups is 1. The first-order chi connectivity index (χ1) is 10.6. The summed E-state index contributed by atoms with van der Waals surface area (Å²) in [6.45, 7) is 6.20. The molecule has 22 heavy (non-hydrogen) atoms. The average Bonchev–Trinajstić information content (AvgIpc) is 2.89. The average molecular weight is 335 g/mol. The zero-order valence-electron chi connectivity index (χ0n) is 13.0. The summed E-state index contributed by atoms with van der Waals surface area (Å²) in [5.41, 5.74) is 0. The van der Waals surface area contributed by atoms with Crippen LogP contribution in [0.2, 0.25) is 0 Å². The number of likely N-dealkylation sites (tertiary alicyclic amines) is 1. The second kappa shape index (κ2) is 6.96. The quantitative estimate of drug-likeness (QED) is 0.631. The van der Waals surface area contributed by atoms with Gasteiger partial charge in [-0.3, -0.25) is 4.79 Å². The van der Waals surface area contributed by atoms with Crippen molar-refractivity contribution in [2.24, 2.45) is 5.92 Å². The summed E-state index contributed by atoms with van der Waals surface area (Å²) in [5, 5.41) is 2.11. The van der Waals surface area contributed by atoms with E-state index in [1.54, 1.807) is 29.4 Å². The van der Waals surface area contributed by atoms with E-state index in [4.69, 9.17) is 0 Å². The van der Waals surface area contributed by atoms with E-state index in [0.29, 0.717) is 6.42 Å². The van der Waals surface area contributed by atoms with E-state index in [1.165, 1.54) is 4.88 Å². The maximum Gasteiger partial charge on any atom is 0.223 e. The van der Waals surface area contributed by atoms with Gasteiger partial charge in [-0.2, -0.15) is 0 Å². The van der Waals surface area contributed by atoms with Gasteiger partial charge in [0.05, 0.1) is 0 Å². The number of thiophene rings is 1. The van der Waals surface area contributed by atoms with Crippen molar-refractivity contribution in [3.05, 3.63) is 17.3 Å².